The van der Waals surface area contributed by atoms with Crippen LogP contribution in [0.5, 0.6) is 0 Å². The molecule has 138 valence electrons. The summed E-state index contributed by atoms with van der Waals surface area (Å²) in [7, 11) is 0. The van der Waals surface area contributed by atoms with Crippen molar-refractivity contribution in [1.29, 1.82) is 0 Å². The number of fused-ring (bicyclic) bond motifs is 1. The number of nitrogens with zero attached hydrogens (tertiary/aromatic N) is 2. The molecule has 2 N–H and O–H groups in total. The summed E-state index contributed by atoms with van der Waals surface area (Å²) in [6.45, 7) is 2.94. The Morgan fingerprint density at radius 3 is 2.48 bits per heavy atom. The minimum atomic E-state index is -0.438. The molecule has 0 radical (unpaired) electrons. The number of para-hydroxylation sites is 1. The Morgan fingerprint density at radius 1 is 1.11 bits per heavy atom. The van der Waals surface area contributed by atoms with Crippen LogP contribution < -0.4 is 5.73 Å². The second-order valence-electron chi connectivity index (χ2n) is 7.24. The average Bonchev–Trinajstić information content (AvgIpc) is 3.45. The minimum Gasteiger partial charge on any atom is -0.366 e. The maximum Gasteiger partial charge on any atom is 0.248 e. The molecular formula is C22H23N3O2. The normalized spacial score (nSPS) is 13.7. The zero-order valence-electron chi connectivity index (χ0n) is 15.4. The molecule has 0 saturated heterocycles. The van der Waals surface area contributed by atoms with E-state index in [9.17, 15) is 9.59 Å². The summed E-state index contributed by atoms with van der Waals surface area (Å²) in [6, 6.07) is 17.8. The van der Waals surface area contributed by atoms with E-state index in [1.165, 1.54) is 0 Å². The van der Waals surface area contributed by atoms with Crippen LogP contribution >= 0.6 is 0 Å². The van der Waals surface area contributed by atoms with Crippen LogP contribution in [-0.2, 0) is 17.9 Å². The van der Waals surface area contributed by atoms with Crippen molar-refractivity contribution in [1.82, 2.24) is 9.47 Å². The number of benzene rings is 2. The second-order valence-corrected chi connectivity index (χ2v) is 7.24. The van der Waals surface area contributed by atoms with Crippen molar-refractivity contribution in [3.8, 4) is 0 Å². The van der Waals surface area contributed by atoms with Crippen LogP contribution in [0.4, 0.5) is 0 Å². The minimum absolute atomic E-state index is 0.126. The van der Waals surface area contributed by atoms with E-state index in [0.717, 1.165) is 35.0 Å². The molecule has 0 atom stereocenters. The number of hydrogen-bond acceptors (Lipinski definition) is 2. The maximum absolute atomic E-state index is 13.1. The van der Waals surface area contributed by atoms with Crippen LogP contribution in [0.15, 0.2) is 54.6 Å². The number of rotatable bonds is 6. The number of carbonyl (C=O) groups excluding carboxylic acids is 2. The van der Waals surface area contributed by atoms with Crippen LogP contribution in [0.1, 0.15) is 34.5 Å². The largest absolute Gasteiger partial charge is 0.366 e. The fourth-order valence-corrected chi connectivity index (χ4v) is 3.56. The molecule has 1 fully saturated rings. The third-order valence-electron chi connectivity index (χ3n) is 5.21. The number of hydrogen-bond donors (Lipinski definition) is 1. The van der Waals surface area contributed by atoms with Crippen molar-refractivity contribution >= 4 is 22.7 Å². The first-order chi connectivity index (χ1) is 13.0. The molecule has 0 unspecified atom stereocenters. The molecule has 1 aliphatic rings. The fraction of sp³-hybridized carbons (Fsp3) is 0.273. The van der Waals surface area contributed by atoms with Gasteiger partial charge in [-0.2, -0.15) is 0 Å². The molecule has 1 saturated carbocycles. The number of aromatic nitrogens is 1. The van der Waals surface area contributed by atoms with Gasteiger partial charge in [0.15, 0.2) is 0 Å². The molecule has 2 aromatic carbocycles. The summed E-state index contributed by atoms with van der Waals surface area (Å²) in [5, 5.41) is 1.16. The third kappa shape index (κ3) is 3.58. The number of nitrogens with two attached hydrogens (primary N) is 1. The number of amides is 2. The highest BCUT2D eigenvalue weighted by molar-refractivity contribution is 5.92. The molecule has 4 rings (SSSR count). The van der Waals surface area contributed by atoms with Crippen molar-refractivity contribution in [3.63, 3.8) is 0 Å². The van der Waals surface area contributed by atoms with Crippen molar-refractivity contribution < 1.29 is 9.59 Å². The van der Waals surface area contributed by atoms with Gasteiger partial charge in [-0.1, -0.05) is 30.3 Å². The predicted octanol–water partition coefficient (Wildman–Crippen LogP) is 3.24. The molecule has 3 aromatic rings. The molecule has 0 bridgehead atoms. The van der Waals surface area contributed by atoms with Gasteiger partial charge < -0.3 is 15.2 Å². The summed E-state index contributed by atoms with van der Waals surface area (Å²) in [5.41, 5.74) is 8.97. The molecule has 2 amide bonds. The topological polar surface area (TPSA) is 68.3 Å². The van der Waals surface area contributed by atoms with E-state index in [-0.39, 0.29) is 5.91 Å². The zero-order valence-corrected chi connectivity index (χ0v) is 15.4. The predicted molar refractivity (Wildman–Crippen MR) is 105 cm³/mol. The van der Waals surface area contributed by atoms with Crippen LogP contribution in [0.25, 0.3) is 10.9 Å². The van der Waals surface area contributed by atoms with E-state index in [4.69, 9.17) is 5.73 Å². The van der Waals surface area contributed by atoms with E-state index in [2.05, 4.69) is 22.8 Å². The highest BCUT2D eigenvalue weighted by Gasteiger charge is 2.32. The van der Waals surface area contributed by atoms with Gasteiger partial charge in [-0.05, 0) is 55.0 Å². The Hall–Kier alpha value is -3.08. The van der Waals surface area contributed by atoms with Gasteiger partial charge in [0.2, 0.25) is 11.8 Å². The Bertz CT molecular complexity index is 1000. The first kappa shape index (κ1) is 17.3. The summed E-state index contributed by atoms with van der Waals surface area (Å²) in [6.07, 6.45) is 2.10. The molecule has 5 heteroatoms. The van der Waals surface area contributed by atoms with E-state index in [1.807, 2.05) is 36.1 Å². The monoisotopic (exact) mass is 361 g/mol. The van der Waals surface area contributed by atoms with Crippen molar-refractivity contribution in [2.45, 2.75) is 38.9 Å². The zero-order chi connectivity index (χ0) is 19.0. The van der Waals surface area contributed by atoms with Crippen molar-refractivity contribution in [2.24, 2.45) is 5.73 Å². The maximum atomic E-state index is 13.1. The van der Waals surface area contributed by atoms with E-state index in [1.54, 1.807) is 12.1 Å². The van der Waals surface area contributed by atoms with Gasteiger partial charge in [-0.3, -0.25) is 9.59 Å². The molecule has 0 spiro atoms. The number of aryl methyl sites for hydroxylation is 1. The highest BCUT2D eigenvalue weighted by atomic mass is 16.2. The van der Waals surface area contributed by atoms with Crippen LogP contribution in [0.3, 0.4) is 0 Å². The summed E-state index contributed by atoms with van der Waals surface area (Å²) in [5.74, 6) is -0.312. The standard InChI is InChI=1S/C22H23N3O2/c1-15-12-18-4-2-3-5-20(18)24(15)14-21(26)25(19-10-11-19)13-16-6-8-17(9-7-16)22(23)27/h2-9,12,19H,10-11,13-14H2,1H3,(H2,23,27). The molecule has 1 aliphatic carbocycles. The lowest BCUT2D eigenvalue weighted by atomic mass is 10.1. The van der Waals surface area contributed by atoms with Gasteiger partial charge in [-0.25, -0.2) is 0 Å². The molecule has 1 aromatic heterocycles. The van der Waals surface area contributed by atoms with Gasteiger partial charge >= 0.3 is 0 Å². The van der Waals surface area contributed by atoms with Crippen molar-refractivity contribution in [2.75, 3.05) is 0 Å². The lowest BCUT2D eigenvalue weighted by Gasteiger charge is -2.23. The first-order valence-electron chi connectivity index (χ1n) is 9.26. The van der Waals surface area contributed by atoms with Crippen molar-refractivity contribution in [3.05, 3.63) is 71.4 Å². The third-order valence-corrected chi connectivity index (χ3v) is 5.21. The Labute approximate surface area is 158 Å². The Kier molecular flexibility index (Phi) is 4.44. The van der Waals surface area contributed by atoms with E-state index >= 15 is 0 Å². The summed E-state index contributed by atoms with van der Waals surface area (Å²) in [4.78, 5) is 26.3. The van der Waals surface area contributed by atoms with Crippen LogP contribution in [-0.4, -0.2) is 27.3 Å². The highest BCUT2D eigenvalue weighted by Crippen LogP contribution is 2.29. The lowest BCUT2D eigenvalue weighted by Crippen LogP contribution is -2.35. The first-order valence-corrected chi connectivity index (χ1v) is 9.26. The van der Waals surface area contributed by atoms with Gasteiger partial charge in [0, 0.05) is 29.4 Å². The Balaban J connectivity index is 1.54. The average molecular weight is 361 g/mol. The molecule has 0 aliphatic heterocycles. The quantitative estimate of drug-likeness (QED) is 0.732. The number of primary amides is 1. The van der Waals surface area contributed by atoms with Crippen LogP contribution in [0, 0.1) is 6.92 Å². The molecular weight excluding hydrogens is 338 g/mol. The Morgan fingerprint density at radius 2 is 1.81 bits per heavy atom. The van der Waals surface area contributed by atoms with Gasteiger partial charge in [-0.15, -0.1) is 0 Å². The van der Waals surface area contributed by atoms with Gasteiger partial charge in [0.1, 0.15) is 6.54 Å². The van der Waals surface area contributed by atoms with Crippen LogP contribution in [0.2, 0.25) is 0 Å². The fourth-order valence-electron chi connectivity index (χ4n) is 3.56. The lowest BCUT2D eigenvalue weighted by molar-refractivity contribution is -0.133. The van der Waals surface area contributed by atoms with E-state index in [0.29, 0.717) is 24.7 Å². The number of carbonyl (C=O) groups is 2. The summed E-state index contributed by atoms with van der Waals surface area (Å²) < 4.78 is 2.09. The molecule has 5 nitrogen and oxygen atoms in total. The molecule has 1 heterocycles. The van der Waals surface area contributed by atoms with Gasteiger partial charge in [0.25, 0.3) is 0 Å². The smallest absolute Gasteiger partial charge is 0.248 e. The molecule has 27 heavy (non-hydrogen) atoms. The summed E-state index contributed by atoms with van der Waals surface area (Å²) >= 11 is 0. The second kappa shape index (κ2) is 6.91. The van der Waals surface area contributed by atoms with E-state index < -0.39 is 5.91 Å². The van der Waals surface area contributed by atoms with Gasteiger partial charge in [0.05, 0.1) is 0 Å². The SMILES string of the molecule is Cc1cc2ccccc2n1CC(=O)N(Cc1ccc(C(N)=O)cc1)C1CC1.